The van der Waals surface area contributed by atoms with Crippen molar-refractivity contribution in [1.29, 1.82) is 0 Å². The molecule has 0 bridgehead atoms. The van der Waals surface area contributed by atoms with Gasteiger partial charge < -0.3 is 19.5 Å². The highest BCUT2D eigenvalue weighted by Gasteiger charge is 2.13. The molecule has 0 radical (unpaired) electrons. The monoisotopic (exact) mass is 328 g/mol. The molecule has 1 aliphatic rings. The van der Waals surface area contributed by atoms with E-state index < -0.39 is 0 Å². The predicted octanol–water partition coefficient (Wildman–Crippen LogP) is 1.92. The molecule has 0 aliphatic carbocycles. The van der Waals surface area contributed by atoms with Crippen LogP contribution in [0.1, 0.15) is 25.0 Å². The SMILES string of the molecule is C[NH+](CC(=O)Nc1ccc(N2CCCCC2)cc1)Cc1ccco1. The third-order valence-corrected chi connectivity index (χ3v) is 4.39. The number of quaternary nitrogens is 1. The standard InChI is InChI=1S/C19H25N3O2/c1-21(14-18-6-5-13-24-18)15-19(23)20-16-7-9-17(10-8-16)22-11-3-2-4-12-22/h5-10,13H,2-4,11-12,14-15H2,1H3,(H,20,23)/p+1. The van der Waals surface area contributed by atoms with Gasteiger partial charge in [0.05, 0.1) is 13.3 Å². The smallest absolute Gasteiger partial charge is 0.279 e. The van der Waals surface area contributed by atoms with Crippen molar-refractivity contribution in [3.8, 4) is 0 Å². The number of piperidine rings is 1. The maximum Gasteiger partial charge on any atom is 0.279 e. The highest BCUT2D eigenvalue weighted by molar-refractivity contribution is 5.91. The summed E-state index contributed by atoms with van der Waals surface area (Å²) >= 11 is 0. The van der Waals surface area contributed by atoms with Crippen molar-refractivity contribution in [2.24, 2.45) is 0 Å². The quantitative estimate of drug-likeness (QED) is 0.852. The summed E-state index contributed by atoms with van der Waals surface area (Å²) in [5, 5.41) is 2.97. The van der Waals surface area contributed by atoms with Gasteiger partial charge in [-0.05, 0) is 55.7 Å². The van der Waals surface area contributed by atoms with Crippen molar-refractivity contribution in [3.05, 3.63) is 48.4 Å². The Morgan fingerprint density at radius 1 is 1.17 bits per heavy atom. The van der Waals surface area contributed by atoms with Crippen molar-refractivity contribution in [1.82, 2.24) is 0 Å². The van der Waals surface area contributed by atoms with Crippen LogP contribution in [0.3, 0.4) is 0 Å². The molecule has 5 nitrogen and oxygen atoms in total. The second-order valence-electron chi connectivity index (χ2n) is 6.53. The third kappa shape index (κ3) is 4.61. The lowest BCUT2D eigenvalue weighted by Crippen LogP contribution is -3.08. The van der Waals surface area contributed by atoms with E-state index in [9.17, 15) is 4.79 Å². The fourth-order valence-electron chi connectivity index (χ4n) is 3.16. The molecule has 0 spiro atoms. The van der Waals surface area contributed by atoms with E-state index in [4.69, 9.17) is 4.42 Å². The Morgan fingerprint density at radius 2 is 1.92 bits per heavy atom. The summed E-state index contributed by atoms with van der Waals surface area (Å²) < 4.78 is 5.32. The molecule has 24 heavy (non-hydrogen) atoms. The highest BCUT2D eigenvalue weighted by Crippen LogP contribution is 2.21. The number of hydrogen-bond donors (Lipinski definition) is 2. The van der Waals surface area contributed by atoms with Crippen molar-refractivity contribution in [2.75, 3.05) is 36.9 Å². The molecule has 1 aliphatic heterocycles. The summed E-state index contributed by atoms with van der Waals surface area (Å²) in [6.45, 7) is 3.38. The number of hydrogen-bond acceptors (Lipinski definition) is 3. The minimum atomic E-state index is 0.0183. The molecule has 2 N–H and O–H groups in total. The second kappa shape index (κ2) is 8.02. The van der Waals surface area contributed by atoms with Crippen LogP contribution in [0.2, 0.25) is 0 Å². The molecule has 1 aromatic carbocycles. The van der Waals surface area contributed by atoms with Crippen LogP contribution in [0.15, 0.2) is 47.1 Å². The first-order valence-corrected chi connectivity index (χ1v) is 8.69. The second-order valence-corrected chi connectivity index (χ2v) is 6.53. The highest BCUT2D eigenvalue weighted by atomic mass is 16.3. The zero-order valence-electron chi connectivity index (χ0n) is 14.3. The van der Waals surface area contributed by atoms with Gasteiger partial charge in [0.25, 0.3) is 5.91 Å². The number of likely N-dealkylation sites (N-methyl/N-ethyl adjacent to an activating group) is 1. The Balaban J connectivity index is 1.48. The minimum Gasteiger partial charge on any atom is -0.463 e. The van der Waals surface area contributed by atoms with Crippen LogP contribution in [0, 0.1) is 0 Å². The van der Waals surface area contributed by atoms with Gasteiger partial charge in [-0.3, -0.25) is 4.79 Å². The first-order chi connectivity index (χ1) is 11.7. The number of anilines is 2. The molecule has 1 aromatic heterocycles. The fraction of sp³-hybridized carbons (Fsp3) is 0.421. The lowest BCUT2D eigenvalue weighted by molar-refractivity contribution is -0.886. The molecule has 1 amide bonds. The van der Waals surface area contributed by atoms with E-state index in [-0.39, 0.29) is 5.91 Å². The normalized spacial score (nSPS) is 16.0. The van der Waals surface area contributed by atoms with Crippen LogP contribution in [0.5, 0.6) is 0 Å². The maximum absolute atomic E-state index is 12.2. The first kappa shape index (κ1) is 16.6. The summed E-state index contributed by atoms with van der Waals surface area (Å²) in [7, 11) is 1.99. The van der Waals surface area contributed by atoms with E-state index in [1.54, 1.807) is 6.26 Å². The number of nitrogens with one attached hydrogen (secondary N) is 2. The molecule has 0 saturated carbocycles. The number of rotatable bonds is 6. The van der Waals surface area contributed by atoms with Gasteiger partial charge >= 0.3 is 0 Å². The van der Waals surface area contributed by atoms with E-state index in [1.165, 1.54) is 24.9 Å². The molecule has 1 unspecified atom stereocenters. The van der Waals surface area contributed by atoms with Gasteiger partial charge in [0.15, 0.2) is 12.3 Å². The molecular formula is C19H26N3O2+. The summed E-state index contributed by atoms with van der Waals surface area (Å²) in [6, 6.07) is 12.0. The van der Waals surface area contributed by atoms with Gasteiger partial charge in [0.1, 0.15) is 6.54 Å². The Kier molecular flexibility index (Phi) is 5.54. The first-order valence-electron chi connectivity index (χ1n) is 8.69. The number of amides is 1. The van der Waals surface area contributed by atoms with E-state index in [2.05, 4.69) is 22.3 Å². The summed E-state index contributed by atoms with van der Waals surface area (Å²) in [5.74, 6) is 0.913. The van der Waals surface area contributed by atoms with Gasteiger partial charge in [-0.25, -0.2) is 0 Å². The predicted molar refractivity (Wildman–Crippen MR) is 95.3 cm³/mol. The van der Waals surface area contributed by atoms with Gasteiger partial charge in [-0.2, -0.15) is 0 Å². The molecular weight excluding hydrogens is 302 g/mol. The summed E-state index contributed by atoms with van der Waals surface area (Å²) in [4.78, 5) is 15.7. The molecule has 5 heteroatoms. The largest absolute Gasteiger partial charge is 0.463 e. The topological polar surface area (TPSA) is 49.9 Å². The lowest BCUT2D eigenvalue weighted by Gasteiger charge is -2.28. The lowest BCUT2D eigenvalue weighted by atomic mass is 10.1. The molecule has 3 rings (SSSR count). The molecule has 1 atom stereocenters. The fourth-order valence-corrected chi connectivity index (χ4v) is 3.16. The number of carbonyl (C=O) groups is 1. The van der Waals surface area contributed by atoms with Crippen LogP contribution in [-0.2, 0) is 11.3 Å². The number of furan rings is 1. The zero-order valence-corrected chi connectivity index (χ0v) is 14.3. The summed E-state index contributed by atoms with van der Waals surface area (Å²) in [5.41, 5.74) is 2.10. The van der Waals surface area contributed by atoms with Gasteiger partial charge in [0, 0.05) is 24.5 Å². The third-order valence-electron chi connectivity index (χ3n) is 4.39. The van der Waals surface area contributed by atoms with Crippen LogP contribution < -0.4 is 15.1 Å². The number of benzene rings is 1. The maximum atomic E-state index is 12.2. The molecule has 1 saturated heterocycles. The van der Waals surface area contributed by atoms with Gasteiger partial charge in [-0.15, -0.1) is 0 Å². The Morgan fingerprint density at radius 3 is 2.58 bits per heavy atom. The van der Waals surface area contributed by atoms with E-state index >= 15 is 0 Å². The van der Waals surface area contributed by atoms with Crippen molar-refractivity contribution < 1.29 is 14.1 Å². The van der Waals surface area contributed by atoms with Crippen LogP contribution in [0.4, 0.5) is 11.4 Å². The molecule has 2 aromatic rings. The van der Waals surface area contributed by atoms with Crippen molar-refractivity contribution in [3.63, 3.8) is 0 Å². The average molecular weight is 328 g/mol. The Hall–Kier alpha value is -2.27. The van der Waals surface area contributed by atoms with Gasteiger partial charge in [-0.1, -0.05) is 0 Å². The number of nitrogens with zero attached hydrogens (tertiary/aromatic N) is 1. The molecule has 128 valence electrons. The summed E-state index contributed by atoms with van der Waals surface area (Å²) in [6.07, 6.45) is 5.53. The van der Waals surface area contributed by atoms with E-state index in [1.807, 2.05) is 31.3 Å². The van der Waals surface area contributed by atoms with E-state index in [0.29, 0.717) is 13.1 Å². The van der Waals surface area contributed by atoms with Crippen LogP contribution in [-0.4, -0.2) is 32.6 Å². The number of carbonyl (C=O) groups excluding carboxylic acids is 1. The zero-order chi connectivity index (χ0) is 16.8. The van der Waals surface area contributed by atoms with Gasteiger partial charge in [0.2, 0.25) is 0 Å². The van der Waals surface area contributed by atoms with Crippen LogP contribution >= 0.6 is 0 Å². The van der Waals surface area contributed by atoms with Crippen molar-refractivity contribution >= 4 is 17.3 Å². The molecule has 2 heterocycles. The Labute approximate surface area is 143 Å². The van der Waals surface area contributed by atoms with E-state index in [0.717, 1.165) is 29.4 Å². The minimum absolute atomic E-state index is 0.0183. The average Bonchev–Trinajstić information content (AvgIpc) is 3.09. The molecule has 1 fully saturated rings. The van der Waals surface area contributed by atoms with Crippen LogP contribution in [0.25, 0.3) is 0 Å². The van der Waals surface area contributed by atoms with Crippen molar-refractivity contribution in [2.45, 2.75) is 25.8 Å². The Bertz CT molecular complexity index is 631.